The Kier molecular flexibility index (Phi) is 6.37. The molecule has 0 bridgehead atoms. The van der Waals surface area contributed by atoms with Crippen molar-refractivity contribution in [3.63, 3.8) is 0 Å². The van der Waals surface area contributed by atoms with E-state index in [2.05, 4.69) is 20.9 Å². The molecular formula is C19H26N4O5S. The first-order valence-corrected chi connectivity index (χ1v) is 10.9. The summed E-state index contributed by atoms with van der Waals surface area (Å²) in [6.45, 7) is 6.41. The maximum Gasteiger partial charge on any atom is 0.277 e. The van der Waals surface area contributed by atoms with E-state index in [4.69, 9.17) is 9.15 Å². The second-order valence-corrected chi connectivity index (χ2v) is 10.2. The number of aromatic nitrogens is 1. The summed E-state index contributed by atoms with van der Waals surface area (Å²) in [5.41, 5.74) is 1.98. The van der Waals surface area contributed by atoms with E-state index in [1.54, 1.807) is 39.0 Å². The molecule has 1 aromatic heterocycles. The minimum absolute atomic E-state index is 0.152. The molecule has 9 nitrogen and oxygen atoms in total. The molecule has 3 rings (SSSR count). The van der Waals surface area contributed by atoms with Gasteiger partial charge in [0.2, 0.25) is 0 Å². The van der Waals surface area contributed by atoms with Gasteiger partial charge in [0.25, 0.3) is 5.91 Å². The zero-order chi connectivity index (χ0) is 21.1. The number of ether oxygens (including phenoxy) is 1. The fourth-order valence-corrected chi connectivity index (χ4v) is 4.28. The monoisotopic (exact) mass is 422 g/mol. The highest BCUT2D eigenvalue weighted by Crippen LogP contribution is 2.26. The minimum Gasteiger partial charge on any atom is -0.448 e. The van der Waals surface area contributed by atoms with Crippen molar-refractivity contribution >= 4 is 21.4 Å². The van der Waals surface area contributed by atoms with Gasteiger partial charge in [0, 0.05) is 25.8 Å². The van der Waals surface area contributed by atoms with E-state index >= 15 is 0 Å². The van der Waals surface area contributed by atoms with Crippen LogP contribution in [0, 0.1) is 6.92 Å². The molecule has 1 aliphatic heterocycles. The maximum atomic E-state index is 13.0. The summed E-state index contributed by atoms with van der Waals surface area (Å²) in [4.78, 5) is 16.3. The number of nitrogens with one attached hydrogen (secondary N) is 3. The smallest absolute Gasteiger partial charge is 0.277 e. The van der Waals surface area contributed by atoms with Gasteiger partial charge in [0.15, 0.2) is 21.4 Å². The number of hydrogen-bond acceptors (Lipinski definition) is 8. The Labute approximate surface area is 170 Å². The summed E-state index contributed by atoms with van der Waals surface area (Å²) in [5, 5.41) is 8.88. The van der Waals surface area contributed by atoms with Crippen molar-refractivity contribution < 1.29 is 22.4 Å². The molecule has 1 amide bonds. The van der Waals surface area contributed by atoms with Crippen molar-refractivity contribution in [1.29, 1.82) is 0 Å². The van der Waals surface area contributed by atoms with Crippen LogP contribution in [0.25, 0.3) is 0 Å². The zero-order valence-corrected chi connectivity index (χ0v) is 17.6. The number of hydrogen-bond donors (Lipinski definition) is 3. The van der Waals surface area contributed by atoms with Crippen LogP contribution in [0.4, 0.5) is 5.69 Å². The fraction of sp³-hybridized carbons (Fsp3) is 0.474. The molecule has 0 aliphatic carbocycles. The van der Waals surface area contributed by atoms with Gasteiger partial charge < -0.3 is 19.8 Å². The molecule has 0 fully saturated rings. The van der Waals surface area contributed by atoms with Gasteiger partial charge in [-0.1, -0.05) is 6.07 Å². The molecule has 29 heavy (non-hydrogen) atoms. The molecule has 0 spiro atoms. The van der Waals surface area contributed by atoms with Crippen LogP contribution in [0.1, 0.15) is 41.4 Å². The predicted molar refractivity (Wildman–Crippen MR) is 108 cm³/mol. The van der Waals surface area contributed by atoms with E-state index in [1.165, 1.54) is 6.26 Å². The summed E-state index contributed by atoms with van der Waals surface area (Å²) < 4.78 is 35.8. The number of carbonyl (C=O) groups is 1. The van der Waals surface area contributed by atoms with Gasteiger partial charge in [-0.15, -0.1) is 0 Å². The molecule has 0 unspecified atom stereocenters. The molecule has 0 radical (unpaired) electrons. The summed E-state index contributed by atoms with van der Waals surface area (Å²) in [5.74, 6) is -0.191. The largest absolute Gasteiger partial charge is 0.448 e. The number of aryl methyl sites for hydroxylation is 1. The first-order valence-electron chi connectivity index (χ1n) is 9.25. The Balaban J connectivity index is 1.89. The van der Waals surface area contributed by atoms with Crippen LogP contribution < -0.4 is 16.0 Å². The average Bonchev–Trinajstić information content (AvgIpc) is 3.07. The molecule has 3 N–H and O–H groups in total. The Hall–Kier alpha value is -2.27. The highest BCUT2D eigenvalue weighted by Gasteiger charge is 2.34. The first-order chi connectivity index (χ1) is 13.7. The van der Waals surface area contributed by atoms with Gasteiger partial charge >= 0.3 is 0 Å². The van der Waals surface area contributed by atoms with Crippen LogP contribution in [-0.2, 0) is 26.9 Å². The lowest BCUT2D eigenvalue weighted by Crippen LogP contribution is -2.45. The lowest BCUT2D eigenvalue weighted by Gasteiger charge is -2.27. The summed E-state index contributed by atoms with van der Waals surface area (Å²) >= 11 is 0. The number of sulfone groups is 1. The molecular weight excluding hydrogens is 396 g/mol. The number of nitrogens with zero attached hydrogens (tertiary/aromatic N) is 1. The van der Waals surface area contributed by atoms with Gasteiger partial charge in [-0.25, -0.2) is 13.4 Å². The Morgan fingerprint density at radius 3 is 2.76 bits per heavy atom. The molecule has 0 atom stereocenters. The normalized spacial score (nSPS) is 19.4. The highest BCUT2D eigenvalue weighted by atomic mass is 32.2. The molecule has 0 saturated heterocycles. The lowest BCUT2D eigenvalue weighted by molar-refractivity contribution is 0.101. The van der Waals surface area contributed by atoms with E-state index in [1.807, 2.05) is 0 Å². The summed E-state index contributed by atoms with van der Waals surface area (Å²) in [6, 6.07) is 5.15. The molecule has 2 heterocycles. The number of carbonyl (C=O) groups excluding carboxylic acids is 1. The van der Waals surface area contributed by atoms with Gasteiger partial charge in [-0.2, -0.15) is 0 Å². The minimum atomic E-state index is -3.48. The SMILES string of the molecule is Cc1nc(C(=O)Nc2ccc3c(c2)CS(=O)(=O)C(C)(C)CNCNCOC3)co1. The third-order valence-corrected chi connectivity index (χ3v) is 7.28. The summed E-state index contributed by atoms with van der Waals surface area (Å²) in [7, 11) is -3.48. The molecule has 2 aromatic rings. The number of rotatable bonds is 2. The van der Waals surface area contributed by atoms with Crippen molar-refractivity contribution in [2.45, 2.75) is 37.9 Å². The first kappa shape index (κ1) is 21.4. The van der Waals surface area contributed by atoms with E-state index in [0.29, 0.717) is 37.1 Å². The van der Waals surface area contributed by atoms with Crippen LogP contribution >= 0.6 is 0 Å². The molecule has 158 valence electrons. The predicted octanol–water partition coefficient (Wildman–Crippen LogP) is 1.55. The van der Waals surface area contributed by atoms with Gasteiger partial charge in [-0.05, 0) is 37.1 Å². The number of fused-ring (bicyclic) bond motifs is 1. The topological polar surface area (TPSA) is 123 Å². The van der Waals surface area contributed by atoms with E-state index in [-0.39, 0.29) is 18.1 Å². The number of benzene rings is 1. The van der Waals surface area contributed by atoms with Crippen LogP contribution in [0.3, 0.4) is 0 Å². The van der Waals surface area contributed by atoms with E-state index < -0.39 is 20.5 Å². The third kappa shape index (κ3) is 5.21. The van der Waals surface area contributed by atoms with E-state index in [0.717, 1.165) is 5.56 Å². The van der Waals surface area contributed by atoms with Crippen molar-refractivity contribution in [1.82, 2.24) is 15.6 Å². The van der Waals surface area contributed by atoms with Crippen LogP contribution in [0.5, 0.6) is 0 Å². The quantitative estimate of drug-likeness (QED) is 0.666. The second-order valence-electron chi connectivity index (χ2n) is 7.55. The van der Waals surface area contributed by atoms with Crippen LogP contribution in [-0.4, -0.2) is 44.0 Å². The van der Waals surface area contributed by atoms with Crippen LogP contribution in [0.15, 0.2) is 28.9 Å². The Bertz CT molecular complexity index is 984. The van der Waals surface area contributed by atoms with E-state index in [9.17, 15) is 13.2 Å². The highest BCUT2D eigenvalue weighted by molar-refractivity contribution is 7.92. The van der Waals surface area contributed by atoms with Gasteiger partial charge in [-0.3, -0.25) is 10.1 Å². The van der Waals surface area contributed by atoms with Crippen molar-refractivity contribution in [2.75, 3.05) is 25.3 Å². The molecule has 1 aromatic carbocycles. The number of amides is 1. The summed E-state index contributed by atoms with van der Waals surface area (Å²) in [6.07, 6.45) is 1.28. The number of oxazole rings is 1. The Morgan fingerprint density at radius 2 is 2.03 bits per heavy atom. The van der Waals surface area contributed by atoms with Crippen molar-refractivity contribution in [2.24, 2.45) is 0 Å². The zero-order valence-electron chi connectivity index (χ0n) is 16.7. The van der Waals surface area contributed by atoms with Crippen LogP contribution in [0.2, 0.25) is 0 Å². The molecule has 1 aliphatic rings. The van der Waals surface area contributed by atoms with Crippen molar-refractivity contribution in [3.8, 4) is 0 Å². The van der Waals surface area contributed by atoms with Gasteiger partial charge in [0.1, 0.15) is 6.26 Å². The molecule has 10 heteroatoms. The Morgan fingerprint density at radius 1 is 1.24 bits per heavy atom. The average molecular weight is 423 g/mol. The standard InChI is InChI=1S/C19H26N4O5S/c1-13-22-17(8-28-13)18(24)23-16-5-4-14-7-27-12-21-11-20-10-19(2,3)29(25,26)9-15(14)6-16/h4-6,8,20-21H,7,9-12H2,1-3H3,(H,23,24). The lowest BCUT2D eigenvalue weighted by atomic mass is 10.1. The second kappa shape index (κ2) is 8.62. The fourth-order valence-electron chi connectivity index (χ4n) is 2.89. The maximum absolute atomic E-state index is 13.0. The number of anilines is 1. The van der Waals surface area contributed by atoms with Crippen molar-refractivity contribution in [3.05, 3.63) is 47.2 Å². The third-order valence-electron chi connectivity index (χ3n) is 4.77. The van der Waals surface area contributed by atoms with Gasteiger partial charge in [0.05, 0.1) is 23.8 Å². The molecule has 0 saturated carbocycles.